The number of hydrogen-bond donors (Lipinski definition) is 1. The zero-order valence-corrected chi connectivity index (χ0v) is 19.6. The molecule has 0 amide bonds. The highest BCUT2D eigenvalue weighted by atomic mass is 35.5. The predicted octanol–water partition coefficient (Wildman–Crippen LogP) is 4.36. The van der Waals surface area contributed by atoms with E-state index in [1.165, 1.54) is 16.4 Å². The molecule has 33 heavy (non-hydrogen) atoms. The molecule has 1 aliphatic heterocycles. The van der Waals surface area contributed by atoms with E-state index < -0.39 is 21.0 Å². The Bertz CT molecular complexity index is 1250. The van der Waals surface area contributed by atoms with Crippen molar-refractivity contribution < 1.29 is 13.3 Å². The van der Waals surface area contributed by atoms with Gasteiger partial charge in [0.1, 0.15) is 17.6 Å². The Hall–Kier alpha value is -2.95. The third kappa shape index (κ3) is 4.87. The first-order valence-corrected chi connectivity index (χ1v) is 12.4. The van der Waals surface area contributed by atoms with Crippen molar-refractivity contribution in [1.29, 1.82) is 0 Å². The number of benzene rings is 2. The second-order valence-corrected chi connectivity index (χ2v) is 10.3. The van der Waals surface area contributed by atoms with Gasteiger partial charge in [-0.25, -0.2) is 13.4 Å². The molecule has 0 aliphatic carbocycles. The third-order valence-corrected chi connectivity index (χ3v) is 7.89. The summed E-state index contributed by atoms with van der Waals surface area (Å²) in [6, 6.07) is 10.6. The fourth-order valence-corrected chi connectivity index (χ4v) is 5.63. The Morgan fingerprint density at radius 3 is 2.42 bits per heavy atom. The molecule has 1 aromatic heterocycles. The van der Waals surface area contributed by atoms with E-state index >= 15 is 0 Å². The molecule has 0 saturated carbocycles. The average Bonchev–Trinajstić information content (AvgIpc) is 3.24. The average molecular weight is 490 g/mol. The zero-order chi connectivity index (χ0) is 23.6. The molecule has 9 nitrogen and oxygen atoms in total. The van der Waals surface area contributed by atoms with E-state index in [0.717, 1.165) is 30.9 Å². The molecule has 2 heterocycles. The molecule has 174 valence electrons. The topological polar surface area (TPSA) is 110 Å². The van der Waals surface area contributed by atoms with E-state index in [0.29, 0.717) is 23.9 Å². The number of halogens is 1. The van der Waals surface area contributed by atoms with E-state index in [2.05, 4.69) is 10.3 Å². The lowest BCUT2D eigenvalue weighted by Crippen LogP contribution is -2.35. The van der Waals surface area contributed by atoms with Crippen molar-refractivity contribution in [1.82, 2.24) is 13.9 Å². The highest BCUT2D eigenvalue weighted by Gasteiger charge is 2.29. The largest absolute Gasteiger partial charge is 0.366 e. The maximum Gasteiger partial charge on any atom is 0.293 e. The van der Waals surface area contributed by atoms with Crippen molar-refractivity contribution >= 4 is 33.0 Å². The number of sulfonamides is 1. The minimum atomic E-state index is -3.80. The van der Waals surface area contributed by atoms with Crippen LogP contribution in [0.1, 0.15) is 36.7 Å². The van der Waals surface area contributed by atoms with Gasteiger partial charge in [0.25, 0.3) is 5.69 Å². The second kappa shape index (κ2) is 9.50. The molecule has 1 aliphatic rings. The van der Waals surface area contributed by atoms with Gasteiger partial charge in [0, 0.05) is 43.6 Å². The molecular formula is C22H24ClN5O4S. The number of imidazole rings is 1. The monoisotopic (exact) mass is 489 g/mol. The summed E-state index contributed by atoms with van der Waals surface area (Å²) in [6.07, 6.45) is 5.97. The van der Waals surface area contributed by atoms with Crippen molar-refractivity contribution in [2.75, 3.05) is 18.4 Å². The van der Waals surface area contributed by atoms with Gasteiger partial charge in [-0.15, -0.1) is 0 Å². The number of nitro groups is 1. The summed E-state index contributed by atoms with van der Waals surface area (Å²) < 4.78 is 29.3. The Balaban J connectivity index is 1.73. The Kier molecular flexibility index (Phi) is 6.68. The van der Waals surface area contributed by atoms with Gasteiger partial charge in [-0.3, -0.25) is 10.1 Å². The molecule has 0 bridgehead atoms. The van der Waals surface area contributed by atoms with Gasteiger partial charge in [0.15, 0.2) is 0 Å². The molecule has 1 saturated heterocycles. The molecule has 3 aromatic rings. The lowest BCUT2D eigenvalue weighted by molar-refractivity contribution is -0.384. The number of nitrogens with one attached hydrogen (secondary N) is 1. The van der Waals surface area contributed by atoms with Crippen LogP contribution in [0.15, 0.2) is 59.8 Å². The number of nitrogens with zero attached hydrogens (tertiary/aromatic N) is 4. The fraction of sp³-hybridized carbons (Fsp3) is 0.318. The highest BCUT2D eigenvalue weighted by Crippen LogP contribution is 2.34. The number of rotatable bonds is 7. The van der Waals surface area contributed by atoms with E-state index in [1.54, 1.807) is 24.5 Å². The molecule has 4 rings (SSSR count). The standard InChI is InChI=1S/C22H24ClN5O4S/c1-26-14-11-24-22(26)21(16-5-7-17(23)8-6-16)25-19-10-9-18(15-20(19)28(29)30)33(31,32)27-12-3-2-4-13-27/h5-11,14-15,21,25H,2-4,12-13H2,1H3. The lowest BCUT2D eigenvalue weighted by atomic mass is 10.1. The Labute approximate surface area is 197 Å². The molecule has 1 unspecified atom stereocenters. The second-order valence-electron chi connectivity index (χ2n) is 7.93. The lowest BCUT2D eigenvalue weighted by Gasteiger charge is -2.26. The molecule has 2 aromatic carbocycles. The van der Waals surface area contributed by atoms with Crippen LogP contribution in [0.4, 0.5) is 11.4 Å². The minimum Gasteiger partial charge on any atom is -0.366 e. The number of nitro benzene ring substituents is 1. The zero-order valence-electron chi connectivity index (χ0n) is 18.0. The molecule has 0 spiro atoms. The van der Waals surface area contributed by atoms with Crippen molar-refractivity contribution in [2.24, 2.45) is 7.05 Å². The van der Waals surface area contributed by atoms with Crippen LogP contribution in [0, 0.1) is 10.1 Å². The highest BCUT2D eigenvalue weighted by molar-refractivity contribution is 7.89. The van der Waals surface area contributed by atoms with Crippen LogP contribution in [0.2, 0.25) is 5.02 Å². The molecular weight excluding hydrogens is 466 g/mol. The first kappa shape index (κ1) is 23.2. The van der Waals surface area contributed by atoms with Gasteiger partial charge < -0.3 is 9.88 Å². The van der Waals surface area contributed by atoms with Gasteiger partial charge in [-0.2, -0.15) is 4.31 Å². The van der Waals surface area contributed by atoms with Crippen LogP contribution in [0.25, 0.3) is 0 Å². The number of piperidine rings is 1. The summed E-state index contributed by atoms with van der Waals surface area (Å²) in [5.41, 5.74) is 0.676. The fourth-order valence-electron chi connectivity index (χ4n) is 3.96. The Morgan fingerprint density at radius 1 is 1.12 bits per heavy atom. The number of hydrogen-bond acceptors (Lipinski definition) is 6. The predicted molar refractivity (Wildman–Crippen MR) is 126 cm³/mol. The van der Waals surface area contributed by atoms with Crippen LogP contribution in [-0.4, -0.2) is 40.3 Å². The van der Waals surface area contributed by atoms with E-state index in [-0.39, 0.29) is 16.3 Å². The maximum absolute atomic E-state index is 13.0. The van der Waals surface area contributed by atoms with E-state index in [9.17, 15) is 18.5 Å². The maximum atomic E-state index is 13.0. The normalized spacial score (nSPS) is 15.8. The third-order valence-electron chi connectivity index (χ3n) is 5.74. The summed E-state index contributed by atoms with van der Waals surface area (Å²) in [5, 5.41) is 15.7. The number of anilines is 1. The summed E-state index contributed by atoms with van der Waals surface area (Å²) in [4.78, 5) is 15.7. The quantitative estimate of drug-likeness (QED) is 0.390. The molecule has 0 radical (unpaired) electrons. The van der Waals surface area contributed by atoms with Crippen molar-refractivity contribution in [2.45, 2.75) is 30.2 Å². The molecule has 1 atom stereocenters. The van der Waals surface area contributed by atoms with Crippen LogP contribution >= 0.6 is 11.6 Å². The molecule has 1 N–H and O–H groups in total. The summed E-state index contributed by atoms with van der Waals surface area (Å²) in [5.74, 6) is 0.636. The van der Waals surface area contributed by atoms with E-state index in [4.69, 9.17) is 11.6 Å². The van der Waals surface area contributed by atoms with Crippen LogP contribution < -0.4 is 5.32 Å². The molecule has 1 fully saturated rings. The van der Waals surface area contributed by atoms with E-state index in [1.807, 2.05) is 23.7 Å². The first-order valence-electron chi connectivity index (χ1n) is 10.5. The smallest absolute Gasteiger partial charge is 0.293 e. The van der Waals surface area contributed by atoms with Gasteiger partial charge in [-0.1, -0.05) is 30.2 Å². The van der Waals surface area contributed by atoms with Gasteiger partial charge in [0.2, 0.25) is 10.0 Å². The van der Waals surface area contributed by atoms with Crippen LogP contribution in [0.5, 0.6) is 0 Å². The SMILES string of the molecule is Cn1ccnc1C(Nc1ccc(S(=O)(=O)N2CCCCC2)cc1[N+](=O)[O-])c1ccc(Cl)cc1. The molecule has 11 heteroatoms. The van der Waals surface area contributed by atoms with Crippen LogP contribution in [0.3, 0.4) is 0 Å². The van der Waals surface area contributed by atoms with Crippen molar-refractivity contribution in [3.05, 3.63) is 81.4 Å². The summed E-state index contributed by atoms with van der Waals surface area (Å²) in [6.45, 7) is 0.849. The van der Waals surface area contributed by atoms with Gasteiger partial charge >= 0.3 is 0 Å². The summed E-state index contributed by atoms with van der Waals surface area (Å²) in [7, 11) is -1.97. The Morgan fingerprint density at radius 2 is 1.82 bits per heavy atom. The van der Waals surface area contributed by atoms with Crippen molar-refractivity contribution in [3.63, 3.8) is 0 Å². The summed E-state index contributed by atoms with van der Waals surface area (Å²) >= 11 is 6.03. The van der Waals surface area contributed by atoms with Crippen molar-refractivity contribution in [3.8, 4) is 0 Å². The van der Waals surface area contributed by atoms with Gasteiger partial charge in [0.05, 0.1) is 9.82 Å². The first-order chi connectivity index (χ1) is 15.8. The number of aryl methyl sites for hydroxylation is 1. The number of aromatic nitrogens is 2. The van der Waals surface area contributed by atoms with Gasteiger partial charge in [-0.05, 0) is 42.7 Å². The van der Waals surface area contributed by atoms with Crippen LogP contribution in [-0.2, 0) is 17.1 Å². The minimum absolute atomic E-state index is 0.0818.